The molecule has 5 rings (SSSR count). The zero-order chi connectivity index (χ0) is 21.5. The minimum absolute atomic E-state index is 0.210. The Kier molecular flexibility index (Phi) is 4.50. The minimum atomic E-state index is 0.210. The number of pyridine rings is 1. The second kappa shape index (κ2) is 7.35. The lowest BCUT2D eigenvalue weighted by Crippen LogP contribution is -2.05. The quantitative estimate of drug-likeness (QED) is 0.408. The summed E-state index contributed by atoms with van der Waals surface area (Å²) in [7, 11) is 1.55. The molecule has 0 fully saturated rings. The van der Waals surface area contributed by atoms with Crippen LogP contribution in [0.2, 0.25) is 0 Å². The van der Waals surface area contributed by atoms with Crippen LogP contribution in [0.5, 0.6) is 11.6 Å². The van der Waals surface area contributed by atoms with Gasteiger partial charge in [-0.15, -0.1) is 15.3 Å². The molecule has 31 heavy (non-hydrogen) atoms. The predicted octanol–water partition coefficient (Wildman–Crippen LogP) is 2.75. The number of rotatable bonds is 6. The van der Waals surface area contributed by atoms with Gasteiger partial charge in [0.25, 0.3) is 5.88 Å². The summed E-state index contributed by atoms with van der Waals surface area (Å²) >= 11 is 0. The molecule has 0 aliphatic heterocycles. The third-order valence-corrected chi connectivity index (χ3v) is 4.95. The highest BCUT2D eigenvalue weighted by molar-refractivity contribution is 5.77. The van der Waals surface area contributed by atoms with Gasteiger partial charge in [0, 0.05) is 18.7 Å². The summed E-state index contributed by atoms with van der Waals surface area (Å²) < 4.78 is 20.0. The van der Waals surface area contributed by atoms with Gasteiger partial charge >= 0.3 is 0 Å². The molecule has 0 aliphatic rings. The zero-order valence-electron chi connectivity index (χ0n) is 17.5. The molecule has 0 unspecified atom stereocenters. The molecule has 0 aromatic carbocycles. The van der Waals surface area contributed by atoms with Crippen molar-refractivity contribution in [1.29, 1.82) is 0 Å². The van der Waals surface area contributed by atoms with Crippen molar-refractivity contribution < 1.29 is 14.0 Å². The van der Waals surface area contributed by atoms with E-state index in [9.17, 15) is 0 Å². The summed E-state index contributed by atoms with van der Waals surface area (Å²) in [6, 6.07) is 7.31. The fourth-order valence-corrected chi connectivity index (χ4v) is 3.37. The third-order valence-electron chi connectivity index (χ3n) is 4.95. The van der Waals surface area contributed by atoms with Crippen molar-refractivity contribution in [2.75, 3.05) is 7.11 Å². The van der Waals surface area contributed by atoms with Crippen LogP contribution < -0.4 is 9.47 Å². The normalized spacial score (nSPS) is 11.5. The van der Waals surface area contributed by atoms with Crippen LogP contribution in [0, 0.1) is 13.8 Å². The highest BCUT2D eigenvalue weighted by Gasteiger charge is 2.18. The summed E-state index contributed by atoms with van der Waals surface area (Å²) in [5, 5.41) is 21.4. The summed E-state index contributed by atoms with van der Waals surface area (Å²) in [6.45, 7) is 6.87. The lowest BCUT2D eigenvalue weighted by atomic mass is 10.3. The first-order valence-electron chi connectivity index (χ1n) is 9.77. The van der Waals surface area contributed by atoms with E-state index in [0.717, 1.165) is 29.0 Å². The maximum Gasteiger partial charge on any atom is 0.275 e. The van der Waals surface area contributed by atoms with E-state index in [1.165, 1.54) is 0 Å². The first-order valence-corrected chi connectivity index (χ1v) is 9.77. The molecule has 0 spiro atoms. The van der Waals surface area contributed by atoms with Crippen molar-refractivity contribution in [2.45, 2.75) is 33.9 Å². The van der Waals surface area contributed by atoms with E-state index < -0.39 is 0 Å². The Labute approximate surface area is 176 Å². The molecule has 11 nitrogen and oxygen atoms in total. The summed E-state index contributed by atoms with van der Waals surface area (Å²) in [5.41, 5.74) is 4.53. The van der Waals surface area contributed by atoms with Crippen molar-refractivity contribution in [1.82, 2.24) is 39.7 Å². The Bertz CT molecular complexity index is 1400. The number of methoxy groups -OCH3 is 1. The van der Waals surface area contributed by atoms with E-state index in [2.05, 4.69) is 32.5 Å². The molecule has 0 amide bonds. The van der Waals surface area contributed by atoms with Crippen molar-refractivity contribution >= 4 is 16.7 Å². The fraction of sp³-hybridized carbons (Fsp3) is 0.300. The van der Waals surface area contributed by atoms with Crippen molar-refractivity contribution in [3.05, 3.63) is 41.4 Å². The maximum absolute atomic E-state index is 5.96. The van der Waals surface area contributed by atoms with Gasteiger partial charge in [-0.05, 0) is 32.9 Å². The van der Waals surface area contributed by atoms with Gasteiger partial charge < -0.3 is 14.0 Å². The largest absolute Gasteiger partial charge is 0.491 e. The molecule has 0 atom stereocenters. The number of hydrogen-bond acceptors (Lipinski definition) is 9. The SMILES string of the molecule is CCn1nc2ccc(COc3nn4c(-c5cc(C)on5)nnc4cc3OC)nc2c1C. The monoisotopic (exact) mass is 420 g/mol. The number of hydrogen-bond donors (Lipinski definition) is 0. The van der Waals surface area contributed by atoms with Crippen LogP contribution in [-0.4, -0.2) is 46.8 Å². The first kappa shape index (κ1) is 19.0. The van der Waals surface area contributed by atoms with Crippen LogP contribution >= 0.6 is 0 Å². The Balaban J connectivity index is 1.48. The van der Waals surface area contributed by atoms with Gasteiger partial charge in [0.15, 0.2) is 17.1 Å². The van der Waals surface area contributed by atoms with E-state index >= 15 is 0 Å². The Morgan fingerprint density at radius 3 is 2.71 bits per heavy atom. The van der Waals surface area contributed by atoms with E-state index in [1.807, 2.05) is 23.7 Å². The first-order chi connectivity index (χ1) is 15.1. The minimum Gasteiger partial charge on any atom is -0.491 e. The molecular weight excluding hydrogens is 400 g/mol. The second-order valence-electron chi connectivity index (χ2n) is 6.99. The van der Waals surface area contributed by atoms with Crippen LogP contribution in [0.1, 0.15) is 24.1 Å². The average molecular weight is 420 g/mol. The van der Waals surface area contributed by atoms with Crippen molar-refractivity contribution in [3.8, 4) is 23.1 Å². The molecule has 11 heteroatoms. The van der Waals surface area contributed by atoms with Gasteiger partial charge in [-0.25, -0.2) is 4.98 Å². The van der Waals surface area contributed by atoms with Crippen LogP contribution in [-0.2, 0) is 13.2 Å². The summed E-state index contributed by atoms with van der Waals surface area (Å²) in [5.74, 6) is 1.85. The zero-order valence-corrected chi connectivity index (χ0v) is 17.5. The Hall–Kier alpha value is -4.02. The molecule has 5 heterocycles. The Morgan fingerprint density at radius 2 is 1.97 bits per heavy atom. The standard InChI is InChI=1S/C20H20N8O3/c1-5-27-12(3)18-14(24-27)7-6-13(21-18)10-30-20-16(29-4)9-17-22-23-19(28(17)25-20)15-8-11(2)31-26-15/h6-9H,5,10H2,1-4H3. The molecule has 0 aliphatic carbocycles. The number of aryl methyl sites for hydroxylation is 3. The number of ether oxygens (including phenoxy) is 2. The van der Waals surface area contributed by atoms with Gasteiger partial charge in [0.05, 0.1) is 18.5 Å². The molecule has 0 bridgehead atoms. The third kappa shape index (κ3) is 3.23. The molecule has 0 N–H and O–H groups in total. The smallest absolute Gasteiger partial charge is 0.275 e. The van der Waals surface area contributed by atoms with E-state index in [1.54, 1.807) is 30.7 Å². The average Bonchev–Trinajstić information content (AvgIpc) is 3.48. The summed E-state index contributed by atoms with van der Waals surface area (Å²) in [6.07, 6.45) is 0. The van der Waals surface area contributed by atoms with Crippen molar-refractivity contribution in [3.63, 3.8) is 0 Å². The number of nitrogens with zero attached hydrogens (tertiary/aromatic N) is 8. The summed E-state index contributed by atoms with van der Waals surface area (Å²) in [4.78, 5) is 4.70. The van der Waals surface area contributed by atoms with Gasteiger partial charge in [0.1, 0.15) is 23.4 Å². The van der Waals surface area contributed by atoms with Crippen molar-refractivity contribution in [2.24, 2.45) is 0 Å². The number of aromatic nitrogens is 8. The van der Waals surface area contributed by atoms with Crippen LogP contribution in [0.3, 0.4) is 0 Å². The predicted molar refractivity (Wildman–Crippen MR) is 110 cm³/mol. The van der Waals surface area contributed by atoms with E-state index in [-0.39, 0.29) is 6.61 Å². The number of fused-ring (bicyclic) bond motifs is 2. The molecule has 5 aromatic heterocycles. The maximum atomic E-state index is 5.96. The van der Waals surface area contributed by atoms with Crippen LogP contribution in [0.25, 0.3) is 28.2 Å². The van der Waals surface area contributed by atoms with Crippen LogP contribution in [0.4, 0.5) is 0 Å². The highest BCUT2D eigenvalue weighted by atomic mass is 16.5. The van der Waals surface area contributed by atoms with Gasteiger partial charge in [0.2, 0.25) is 5.82 Å². The highest BCUT2D eigenvalue weighted by Crippen LogP contribution is 2.28. The van der Waals surface area contributed by atoms with Gasteiger partial charge in [-0.2, -0.15) is 9.61 Å². The topological polar surface area (TPSA) is 118 Å². The second-order valence-corrected chi connectivity index (χ2v) is 6.99. The molecule has 5 aromatic rings. The molecule has 0 saturated carbocycles. The molecule has 158 valence electrons. The lowest BCUT2D eigenvalue weighted by molar-refractivity contribution is 0.264. The fourth-order valence-electron chi connectivity index (χ4n) is 3.37. The molecular formula is C20H20N8O3. The van der Waals surface area contributed by atoms with E-state index in [4.69, 9.17) is 19.0 Å². The van der Waals surface area contributed by atoms with E-state index in [0.29, 0.717) is 34.6 Å². The van der Waals surface area contributed by atoms with Gasteiger partial charge in [-0.3, -0.25) is 4.68 Å². The van der Waals surface area contributed by atoms with Gasteiger partial charge in [-0.1, -0.05) is 5.16 Å². The van der Waals surface area contributed by atoms with Crippen LogP contribution in [0.15, 0.2) is 28.8 Å². The lowest BCUT2D eigenvalue weighted by Gasteiger charge is -2.10. The Morgan fingerprint density at radius 1 is 1.10 bits per heavy atom. The molecule has 0 saturated heterocycles. The molecule has 0 radical (unpaired) electrons.